The van der Waals surface area contributed by atoms with E-state index in [0.29, 0.717) is 0 Å². The Labute approximate surface area is 86.4 Å². The molecule has 2 aromatic heterocycles. The van der Waals surface area contributed by atoms with Crippen molar-refractivity contribution in [1.29, 1.82) is 0 Å². The highest BCUT2D eigenvalue weighted by Gasteiger charge is 2.15. The number of nitrogens with one attached hydrogen (secondary N) is 1. The van der Waals surface area contributed by atoms with Gasteiger partial charge in [0.1, 0.15) is 0 Å². The third-order valence-electron chi connectivity index (χ3n) is 2.19. The van der Waals surface area contributed by atoms with Crippen molar-refractivity contribution in [3.8, 4) is 0 Å². The molecule has 3 N–H and O–H groups in total. The van der Waals surface area contributed by atoms with Gasteiger partial charge < -0.3 is 4.57 Å². The van der Waals surface area contributed by atoms with Crippen LogP contribution in [0.3, 0.4) is 0 Å². The fourth-order valence-electron chi connectivity index (χ4n) is 1.44. The molecule has 0 bridgehead atoms. The number of aromatic nitrogens is 2. The molecule has 5 heteroatoms. The average Bonchev–Trinajstić information content (AvgIpc) is 2.80. The summed E-state index contributed by atoms with van der Waals surface area (Å²) in [5, 5.41) is 4.12. The molecule has 0 saturated carbocycles. The van der Waals surface area contributed by atoms with Crippen LogP contribution < -0.4 is 11.3 Å². The molecule has 0 spiro atoms. The van der Waals surface area contributed by atoms with E-state index in [0.717, 1.165) is 5.69 Å². The van der Waals surface area contributed by atoms with Crippen LogP contribution in [-0.4, -0.2) is 9.55 Å². The zero-order valence-corrected chi connectivity index (χ0v) is 8.66. The number of hydrogen-bond donors (Lipinski definition) is 2. The van der Waals surface area contributed by atoms with E-state index in [2.05, 4.69) is 21.9 Å². The molecule has 2 heterocycles. The van der Waals surface area contributed by atoms with Gasteiger partial charge in [0.05, 0.1) is 24.3 Å². The monoisotopic (exact) mass is 208 g/mol. The molecule has 0 aromatic carbocycles. The molecule has 0 fully saturated rings. The second-order valence-electron chi connectivity index (χ2n) is 3.09. The van der Waals surface area contributed by atoms with Gasteiger partial charge in [-0.2, -0.15) is 11.3 Å². The van der Waals surface area contributed by atoms with Crippen molar-refractivity contribution in [3.63, 3.8) is 0 Å². The van der Waals surface area contributed by atoms with Crippen LogP contribution in [0.15, 0.2) is 29.4 Å². The van der Waals surface area contributed by atoms with Gasteiger partial charge in [0.15, 0.2) is 0 Å². The quantitative estimate of drug-likeness (QED) is 0.585. The Kier molecular flexibility index (Phi) is 2.62. The number of hydrogen-bond acceptors (Lipinski definition) is 4. The fourth-order valence-corrected chi connectivity index (χ4v) is 2.12. The topological polar surface area (TPSA) is 55.9 Å². The van der Waals surface area contributed by atoms with Gasteiger partial charge in [0.25, 0.3) is 0 Å². The molecule has 1 atom stereocenters. The summed E-state index contributed by atoms with van der Waals surface area (Å²) in [4.78, 5) is 4.07. The maximum Gasteiger partial charge on any atom is 0.0946 e. The molecule has 4 nitrogen and oxygen atoms in total. The Hall–Kier alpha value is -1.17. The first kappa shape index (κ1) is 9.39. The summed E-state index contributed by atoms with van der Waals surface area (Å²) in [6.45, 7) is 0. The lowest BCUT2D eigenvalue weighted by molar-refractivity contribution is 0.599. The van der Waals surface area contributed by atoms with Crippen LogP contribution in [0, 0.1) is 0 Å². The number of nitrogens with zero attached hydrogens (tertiary/aromatic N) is 2. The predicted molar refractivity (Wildman–Crippen MR) is 56.7 cm³/mol. The zero-order chi connectivity index (χ0) is 9.97. The maximum atomic E-state index is 5.54. The van der Waals surface area contributed by atoms with E-state index < -0.39 is 0 Å². The summed E-state index contributed by atoms with van der Waals surface area (Å²) in [6, 6.07) is 2.08. The van der Waals surface area contributed by atoms with Gasteiger partial charge in [-0.3, -0.25) is 5.84 Å². The van der Waals surface area contributed by atoms with Gasteiger partial charge in [-0.15, -0.1) is 0 Å². The van der Waals surface area contributed by atoms with Gasteiger partial charge in [-0.05, 0) is 22.4 Å². The standard InChI is InChI=1S/C9H12N4S/c1-13-6-11-4-8(13)9(12-10)7-2-3-14-5-7/h2-6,9,12H,10H2,1H3. The molecule has 0 aliphatic carbocycles. The third kappa shape index (κ3) is 1.57. The van der Waals surface area contributed by atoms with E-state index in [1.165, 1.54) is 5.56 Å². The van der Waals surface area contributed by atoms with Gasteiger partial charge in [-0.25, -0.2) is 10.4 Å². The molecule has 2 aromatic rings. The van der Waals surface area contributed by atoms with Gasteiger partial charge >= 0.3 is 0 Å². The fraction of sp³-hybridized carbons (Fsp3) is 0.222. The first-order valence-corrected chi connectivity index (χ1v) is 5.21. The lowest BCUT2D eigenvalue weighted by Gasteiger charge is -2.14. The van der Waals surface area contributed by atoms with E-state index in [-0.39, 0.29) is 6.04 Å². The Morgan fingerprint density at radius 1 is 1.64 bits per heavy atom. The number of thiophene rings is 1. The summed E-state index contributed by atoms with van der Waals surface area (Å²) in [7, 11) is 1.96. The third-order valence-corrected chi connectivity index (χ3v) is 2.89. The number of nitrogens with two attached hydrogens (primary N) is 1. The van der Waals surface area contributed by atoms with Gasteiger partial charge in [0.2, 0.25) is 0 Å². The molecule has 0 radical (unpaired) electrons. The summed E-state index contributed by atoms with van der Waals surface area (Å²) in [5.74, 6) is 5.54. The summed E-state index contributed by atoms with van der Waals surface area (Å²) in [6.07, 6.45) is 3.59. The number of aryl methyl sites for hydroxylation is 1. The Bertz CT molecular complexity index is 393. The minimum Gasteiger partial charge on any atom is -0.336 e. The van der Waals surface area contributed by atoms with E-state index in [1.54, 1.807) is 17.7 Å². The summed E-state index contributed by atoms with van der Waals surface area (Å²) >= 11 is 1.66. The smallest absolute Gasteiger partial charge is 0.0946 e. The number of hydrazine groups is 1. The SMILES string of the molecule is Cn1cncc1C(NN)c1ccsc1. The highest BCUT2D eigenvalue weighted by Crippen LogP contribution is 2.22. The van der Waals surface area contributed by atoms with Crippen LogP contribution >= 0.6 is 11.3 Å². The van der Waals surface area contributed by atoms with Crippen LogP contribution in [0.1, 0.15) is 17.3 Å². The van der Waals surface area contributed by atoms with Crippen molar-refractivity contribution in [3.05, 3.63) is 40.6 Å². The highest BCUT2D eigenvalue weighted by atomic mass is 32.1. The molecular weight excluding hydrogens is 196 g/mol. The molecule has 0 saturated heterocycles. The van der Waals surface area contributed by atoms with Crippen LogP contribution in [0.2, 0.25) is 0 Å². The Balaban J connectivity index is 2.36. The van der Waals surface area contributed by atoms with Crippen molar-refractivity contribution in [2.45, 2.75) is 6.04 Å². The minimum absolute atomic E-state index is 0.0220. The van der Waals surface area contributed by atoms with Gasteiger partial charge in [0, 0.05) is 7.05 Å². The van der Waals surface area contributed by atoms with E-state index in [1.807, 2.05) is 23.2 Å². The van der Waals surface area contributed by atoms with E-state index in [4.69, 9.17) is 5.84 Å². The molecule has 14 heavy (non-hydrogen) atoms. The number of rotatable bonds is 3. The summed E-state index contributed by atoms with van der Waals surface area (Å²) in [5.41, 5.74) is 5.02. The highest BCUT2D eigenvalue weighted by molar-refractivity contribution is 7.08. The largest absolute Gasteiger partial charge is 0.336 e. The first-order valence-electron chi connectivity index (χ1n) is 4.27. The number of imidazole rings is 1. The van der Waals surface area contributed by atoms with Crippen molar-refractivity contribution < 1.29 is 0 Å². The zero-order valence-electron chi connectivity index (χ0n) is 7.84. The molecule has 2 rings (SSSR count). The predicted octanol–water partition coefficient (Wildman–Crippen LogP) is 1.03. The molecule has 74 valence electrons. The normalized spacial score (nSPS) is 13.0. The Morgan fingerprint density at radius 2 is 2.50 bits per heavy atom. The maximum absolute atomic E-state index is 5.54. The lowest BCUT2D eigenvalue weighted by Crippen LogP contribution is -2.29. The van der Waals surface area contributed by atoms with Crippen molar-refractivity contribution in [1.82, 2.24) is 15.0 Å². The van der Waals surface area contributed by atoms with Crippen LogP contribution in [0.5, 0.6) is 0 Å². The molecular formula is C9H12N4S. The Morgan fingerprint density at radius 3 is 3.00 bits per heavy atom. The average molecular weight is 208 g/mol. The minimum atomic E-state index is 0.0220. The van der Waals surface area contributed by atoms with E-state index >= 15 is 0 Å². The van der Waals surface area contributed by atoms with Gasteiger partial charge in [-0.1, -0.05) is 0 Å². The molecule has 0 aliphatic rings. The van der Waals surface area contributed by atoms with Crippen molar-refractivity contribution >= 4 is 11.3 Å². The summed E-state index contributed by atoms with van der Waals surface area (Å²) < 4.78 is 1.96. The van der Waals surface area contributed by atoms with E-state index in [9.17, 15) is 0 Å². The second-order valence-corrected chi connectivity index (χ2v) is 3.87. The molecule has 0 amide bonds. The van der Waals surface area contributed by atoms with Crippen LogP contribution in [0.4, 0.5) is 0 Å². The first-order chi connectivity index (χ1) is 6.83. The van der Waals surface area contributed by atoms with Crippen LogP contribution in [0.25, 0.3) is 0 Å². The van der Waals surface area contributed by atoms with Crippen molar-refractivity contribution in [2.24, 2.45) is 12.9 Å². The lowest BCUT2D eigenvalue weighted by atomic mass is 10.1. The van der Waals surface area contributed by atoms with Crippen LogP contribution in [-0.2, 0) is 7.05 Å². The van der Waals surface area contributed by atoms with Crippen molar-refractivity contribution in [2.75, 3.05) is 0 Å². The molecule has 1 unspecified atom stereocenters. The molecule has 0 aliphatic heterocycles. The second kappa shape index (κ2) is 3.91.